The lowest BCUT2D eigenvalue weighted by Crippen LogP contribution is -2.50. The lowest BCUT2D eigenvalue weighted by atomic mass is 9.89. The SMILES string of the molecule is Cn1cc(S(=O)(=O)NC2CC(N)C2)cn1. The third kappa shape index (κ3) is 2.19. The second-order valence-electron chi connectivity index (χ2n) is 3.90. The van der Waals surface area contributed by atoms with Crippen molar-refractivity contribution in [3.8, 4) is 0 Å². The maximum Gasteiger partial charge on any atom is 0.243 e. The summed E-state index contributed by atoms with van der Waals surface area (Å²) in [5.74, 6) is 0. The minimum absolute atomic E-state index is 0.0230. The van der Waals surface area contributed by atoms with Crippen molar-refractivity contribution in [2.45, 2.75) is 29.8 Å². The molecular formula is C8H14N4O2S. The molecule has 84 valence electrons. The fraction of sp³-hybridized carbons (Fsp3) is 0.625. The molecule has 15 heavy (non-hydrogen) atoms. The molecule has 0 radical (unpaired) electrons. The normalized spacial score (nSPS) is 26.3. The summed E-state index contributed by atoms with van der Waals surface area (Å²) in [7, 11) is -1.73. The van der Waals surface area contributed by atoms with Crippen LogP contribution in [0.3, 0.4) is 0 Å². The number of nitrogens with two attached hydrogens (primary N) is 1. The number of nitrogens with zero attached hydrogens (tertiary/aromatic N) is 2. The summed E-state index contributed by atoms with van der Waals surface area (Å²) in [5, 5.41) is 3.82. The summed E-state index contributed by atoms with van der Waals surface area (Å²) in [5.41, 5.74) is 5.58. The fourth-order valence-electron chi connectivity index (χ4n) is 1.58. The zero-order valence-electron chi connectivity index (χ0n) is 8.42. The highest BCUT2D eigenvalue weighted by Crippen LogP contribution is 2.20. The molecular weight excluding hydrogens is 216 g/mol. The number of aromatic nitrogens is 2. The Kier molecular flexibility index (Phi) is 2.53. The number of sulfonamides is 1. The van der Waals surface area contributed by atoms with Crippen LogP contribution in [-0.2, 0) is 17.1 Å². The van der Waals surface area contributed by atoms with Gasteiger partial charge in [-0.25, -0.2) is 13.1 Å². The van der Waals surface area contributed by atoms with E-state index in [0.29, 0.717) is 12.8 Å². The lowest BCUT2D eigenvalue weighted by Gasteiger charge is -2.32. The Labute approximate surface area is 88.5 Å². The van der Waals surface area contributed by atoms with Crippen LogP contribution in [0.5, 0.6) is 0 Å². The second kappa shape index (κ2) is 3.58. The van der Waals surface area contributed by atoms with E-state index in [1.807, 2.05) is 0 Å². The Morgan fingerprint density at radius 3 is 2.73 bits per heavy atom. The van der Waals surface area contributed by atoms with Crippen LogP contribution in [-0.4, -0.2) is 30.3 Å². The third-order valence-corrected chi connectivity index (χ3v) is 3.96. The standard InChI is InChI=1S/C8H14N4O2S/c1-12-5-8(4-10-12)15(13,14)11-7-2-6(9)3-7/h4-7,11H,2-3,9H2,1H3. The second-order valence-corrected chi connectivity index (χ2v) is 5.61. The predicted octanol–water partition coefficient (Wildman–Crippen LogP) is -0.812. The quantitative estimate of drug-likeness (QED) is 0.710. The number of hydrogen-bond acceptors (Lipinski definition) is 4. The van der Waals surface area contributed by atoms with Crippen LogP contribution in [0.1, 0.15) is 12.8 Å². The average molecular weight is 230 g/mol. The summed E-state index contributed by atoms with van der Waals surface area (Å²) in [6.07, 6.45) is 4.22. The molecule has 0 saturated heterocycles. The molecule has 2 rings (SSSR count). The zero-order valence-corrected chi connectivity index (χ0v) is 9.24. The van der Waals surface area contributed by atoms with Crippen LogP contribution in [0, 0.1) is 0 Å². The molecule has 0 atom stereocenters. The minimum atomic E-state index is -3.41. The molecule has 1 aromatic heterocycles. The topological polar surface area (TPSA) is 90.0 Å². The summed E-state index contributed by atoms with van der Waals surface area (Å²) < 4.78 is 27.6. The Morgan fingerprint density at radius 2 is 2.27 bits per heavy atom. The molecule has 0 bridgehead atoms. The highest BCUT2D eigenvalue weighted by Gasteiger charge is 2.30. The van der Waals surface area contributed by atoms with Crippen LogP contribution in [0.25, 0.3) is 0 Å². The van der Waals surface area contributed by atoms with E-state index in [1.54, 1.807) is 7.05 Å². The largest absolute Gasteiger partial charge is 0.328 e. The predicted molar refractivity (Wildman–Crippen MR) is 54.5 cm³/mol. The van der Waals surface area contributed by atoms with Crippen molar-refractivity contribution in [3.63, 3.8) is 0 Å². The van der Waals surface area contributed by atoms with Gasteiger partial charge < -0.3 is 5.73 Å². The Morgan fingerprint density at radius 1 is 1.60 bits per heavy atom. The minimum Gasteiger partial charge on any atom is -0.328 e. The molecule has 1 saturated carbocycles. The smallest absolute Gasteiger partial charge is 0.243 e. The molecule has 6 nitrogen and oxygen atoms in total. The van der Waals surface area contributed by atoms with E-state index in [9.17, 15) is 8.42 Å². The first-order chi connectivity index (χ1) is 6.97. The lowest BCUT2D eigenvalue weighted by molar-refractivity contribution is 0.327. The highest BCUT2D eigenvalue weighted by molar-refractivity contribution is 7.89. The van der Waals surface area contributed by atoms with Crippen LogP contribution in [0.4, 0.5) is 0 Å². The van der Waals surface area contributed by atoms with Crippen LogP contribution in [0.15, 0.2) is 17.3 Å². The van der Waals surface area contributed by atoms with Crippen molar-refractivity contribution >= 4 is 10.0 Å². The van der Waals surface area contributed by atoms with E-state index in [0.717, 1.165) is 0 Å². The highest BCUT2D eigenvalue weighted by atomic mass is 32.2. The molecule has 7 heteroatoms. The summed E-state index contributed by atoms with van der Waals surface area (Å²) in [4.78, 5) is 0.200. The first-order valence-electron chi connectivity index (χ1n) is 4.74. The van der Waals surface area contributed by atoms with E-state index in [-0.39, 0.29) is 17.0 Å². The van der Waals surface area contributed by atoms with Gasteiger partial charge in [-0.1, -0.05) is 0 Å². The van der Waals surface area contributed by atoms with E-state index >= 15 is 0 Å². The summed E-state index contributed by atoms with van der Waals surface area (Å²) in [6, 6.07) is 0.108. The number of rotatable bonds is 3. The average Bonchev–Trinajstić information content (AvgIpc) is 2.49. The number of aryl methyl sites for hydroxylation is 1. The van der Waals surface area contributed by atoms with Gasteiger partial charge in [0.05, 0.1) is 6.20 Å². The Hall–Kier alpha value is -0.920. The van der Waals surface area contributed by atoms with Gasteiger partial charge >= 0.3 is 0 Å². The van der Waals surface area contributed by atoms with Crippen molar-refractivity contribution in [1.82, 2.24) is 14.5 Å². The zero-order chi connectivity index (χ0) is 11.1. The van der Waals surface area contributed by atoms with Gasteiger partial charge in [0.1, 0.15) is 4.90 Å². The van der Waals surface area contributed by atoms with Gasteiger partial charge in [-0.3, -0.25) is 4.68 Å². The van der Waals surface area contributed by atoms with Gasteiger partial charge in [-0.15, -0.1) is 0 Å². The monoisotopic (exact) mass is 230 g/mol. The van der Waals surface area contributed by atoms with Gasteiger partial charge in [0.2, 0.25) is 10.0 Å². The summed E-state index contributed by atoms with van der Waals surface area (Å²) in [6.45, 7) is 0. The van der Waals surface area contributed by atoms with Gasteiger partial charge in [0.15, 0.2) is 0 Å². The van der Waals surface area contributed by atoms with E-state index in [2.05, 4.69) is 9.82 Å². The Balaban J connectivity index is 2.07. The van der Waals surface area contributed by atoms with Gasteiger partial charge in [-0.2, -0.15) is 5.10 Å². The Bertz CT molecular complexity index is 447. The van der Waals surface area contributed by atoms with Crippen molar-refractivity contribution in [1.29, 1.82) is 0 Å². The molecule has 1 heterocycles. The third-order valence-electron chi connectivity index (χ3n) is 2.49. The van der Waals surface area contributed by atoms with Gasteiger partial charge in [0, 0.05) is 25.3 Å². The number of hydrogen-bond donors (Lipinski definition) is 2. The van der Waals surface area contributed by atoms with Crippen molar-refractivity contribution in [2.75, 3.05) is 0 Å². The summed E-state index contributed by atoms with van der Waals surface area (Å²) >= 11 is 0. The first kappa shape index (κ1) is 10.6. The molecule has 0 amide bonds. The maximum atomic E-state index is 11.8. The van der Waals surface area contributed by atoms with Crippen LogP contribution in [0.2, 0.25) is 0 Å². The van der Waals surface area contributed by atoms with Gasteiger partial charge in [-0.05, 0) is 12.8 Å². The molecule has 1 aromatic rings. The number of nitrogens with one attached hydrogen (secondary N) is 1. The van der Waals surface area contributed by atoms with E-state index < -0.39 is 10.0 Å². The fourth-order valence-corrected chi connectivity index (χ4v) is 2.83. The van der Waals surface area contributed by atoms with Crippen molar-refractivity contribution in [2.24, 2.45) is 12.8 Å². The van der Waals surface area contributed by atoms with E-state index in [4.69, 9.17) is 5.73 Å². The molecule has 0 aromatic carbocycles. The molecule has 1 aliphatic carbocycles. The van der Waals surface area contributed by atoms with Crippen LogP contribution >= 0.6 is 0 Å². The van der Waals surface area contributed by atoms with Crippen molar-refractivity contribution in [3.05, 3.63) is 12.4 Å². The molecule has 0 aliphatic heterocycles. The molecule has 1 aliphatic rings. The molecule has 0 unspecified atom stereocenters. The molecule has 3 N–H and O–H groups in total. The molecule has 1 fully saturated rings. The van der Waals surface area contributed by atoms with Crippen molar-refractivity contribution < 1.29 is 8.42 Å². The maximum absolute atomic E-state index is 11.8. The van der Waals surface area contributed by atoms with Gasteiger partial charge in [0.25, 0.3) is 0 Å². The first-order valence-corrected chi connectivity index (χ1v) is 6.22. The van der Waals surface area contributed by atoms with E-state index in [1.165, 1.54) is 17.1 Å². The van der Waals surface area contributed by atoms with Crippen LogP contribution < -0.4 is 10.5 Å². The molecule has 0 spiro atoms.